The fraction of sp³-hybridized carbons (Fsp3) is 0.440. The van der Waals surface area contributed by atoms with E-state index in [9.17, 15) is 22.8 Å². The van der Waals surface area contributed by atoms with Crippen LogP contribution in [0.2, 0.25) is 0 Å². The summed E-state index contributed by atoms with van der Waals surface area (Å²) in [5.41, 5.74) is 0.899. The number of rotatable bonds is 4. The number of alkyl halides is 3. The quantitative estimate of drug-likeness (QED) is 0.679. The number of benzene rings is 2. The minimum atomic E-state index is -4.38. The third kappa shape index (κ3) is 5.31. The summed E-state index contributed by atoms with van der Waals surface area (Å²) in [5, 5.41) is 2.92. The Morgan fingerprint density at radius 2 is 1.76 bits per heavy atom. The SMILES string of the molecule is CC(C)(C)OC(=O)N1C[C@@H]2C[C@@H]2[C@H]1C(=O)NCc1cccc(-c2ccc(C(F)(F)F)cc2)c1. The maximum atomic E-state index is 13.0. The zero-order valence-corrected chi connectivity index (χ0v) is 18.8. The van der Waals surface area contributed by atoms with Gasteiger partial charge in [-0.05, 0) is 73.9 Å². The van der Waals surface area contributed by atoms with Crippen molar-refractivity contribution in [1.82, 2.24) is 10.2 Å². The van der Waals surface area contributed by atoms with Crippen molar-refractivity contribution in [2.24, 2.45) is 11.8 Å². The number of ether oxygens (including phenoxy) is 1. The van der Waals surface area contributed by atoms with Crippen molar-refractivity contribution in [2.45, 2.75) is 51.6 Å². The first-order chi connectivity index (χ1) is 15.4. The first-order valence-corrected chi connectivity index (χ1v) is 11.0. The molecule has 2 aromatic carbocycles. The molecule has 3 atom stereocenters. The fourth-order valence-corrected chi connectivity index (χ4v) is 4.32. The Bertz CT molecular complexity index is 1040. The lowest BCUT2D eigenvalue weighted by Gasteiger charge is -2.29. The Hall–Kier alpha value is -3.03. The van der Waals surface area contributed by atoms with Gasteiger partial charge in [-0.1, -0.05) is 30.3 Å². The van der Waals surface area contributed by atoms with Crippen LogP contribution in [0.5, 0.6) is 0 Å². The van der Waals surface area contributed by atoms with E-state index in [4.69, 9.17) is 4.74 Å². The molecule has 0 radical (unpaired) electrons. The molecule has 1 saturated carbocycles. The average Bonchev–Trinajstić information content (AvgIpc) is 3.40. The first kappa shape index (κ1) is 23.1. The van der Waals surface area contributed by atoms with E-state index < -0.39 is 29.5 Å². The number of carbonyl (C=O) groups is 2. The van der Waals surface area contributed by atoms with Gasteiger partial charge in [-0.15, -0.1) is 0 Å². The number of amides is 2. The molecule has 33 heavy (non-hydrogen) atoms. The van der Waals surface area contributed by atoms with Gasteiger partial charge >= 0.3 is 12.3 Å². The van der Waals surface area contributed by atoms with Crippen LogP contribution < -0.4 is 5.32 Å². The average molecular weight is 460 g/mol. The van der Waals surface area contributed by atoms with E-state index in [0.717, 1.165) is 29.7 Å². The molecular formula is C25H27F3N2O3. The monoisotopic (exact) mass is 460 g/mol. The van der Waals surface area contributed by atoms with Crippen LogP contribution >= 0.6 is 0 Å². The summed E-state index contributed by atoms with van der Waals surface area (Å²) < 4.78 is 43.9. The molecule has 4 rings (SSSR count). The van der Waals surface area contributed by atoms with Crippen molar-refractivity contribution < 1.29 is 27.5 Å². The van der Waals surface area contributed by atoms with Gasteiger partial charge in [0.25, 0.3) is 0 Å². The summed E-state index contributed by atoms with van der Waals surface area (Å²) in [5.74, 6) is 0.290. The van der Waals surface area contributed by atoms with Crippen LogP contribution in [-0.2, 0) is 22.3 Å². The predicted molar refractivity (Wildman–Crippen MR) is 117 cm³/mol. The molecule has 2 fully saturated rings. The van der Waals surface area contributed by atoms with Crippen molar-refractivity contribution in [3.05, 3.63) is 59.7 Å². The number of nitrogens with zero attached hydrogens (tertiary/aromatic N) is 1. The van der Waals surface area contributed by atoms with E-state index in [-0.39, 0.29) is 18.4 Å². The molecule has 1 saturated heterocycles. The van der Waals surface area contributed by atoms with Crippen LogP contribution in [0.1, 0.15) is 38.3 Å². The van der Waals surface area contributed by atoms with Crippen LogP contribution in [0.4, 0.5) is 18.0 Å². The highest BCUT2D eigenvalue weighted by atomic mass is 19.4. The third-order valence-corrected chi connectivity index (χ3v) is 5.99. The Morgan fingerprint density at radius 1 is 1.06 bits per heavy atom. The zero-order chi connectivity index (χ0) is 24.0. The number of piperidine rings is 1. The number of carbonyl (C=O) groups excluding carboxylic acids is 2. The minimum Gasteiger partial charge on any atom is -0.444 e. The van der Waals surface area contributed by atoms with Crippen LogP contribution in [-0.4, -0.2) is 35.1 Å². The zero-order valence-electron chi connectivity index (χ0n) is 18.8. The van der Waals surface area contributed by atoms with Crippen molar-refractivity contribution in [3.8, 4) is 11.1 Å². The lowest BCUT2D eigenvalue weighted by atomic mass is 10.0. The molecule has 1 aliphatic heterocycles. The highest BCUT2D eigenvalue weighted by molar-refractivity contribution is 5.87. The number of hydrogen-bond acceptors (Lipinski definition) is 3. The highest BCUT2D eigenvalue weighted by Crippen LogP contribution is 2.50. The summed E-state index contributed by atoms with van der Waals surface area (Å²) in [6, 6.07) is 11.7. The van der Waals surface area contributed by atoms with Crippen LogP contribution in [0, 0.1) is 11.8 Å². The molecule has 2 aliphatic rings. The highest BCUT2D eigenvalue weighted by Gasteiger charge is 2.57. The summed E-state index contributed by atoms with van der Waals surface area (Å²) in [7, 11) is 0. The fourth-order valence-electron chi connectivity index (χ4n) is 4.32. The number of fused-ring (bicyclic) bond motifs is 1. The van der Waals surface area contributed by atoms with Crippen molar-refractivity contribution in [3.63, 3.8) is 0 Å². The molecule has 1 heterocycles. The summed E-state index contributed by atoms with van der Waals surface area (Å²) >= 11 is 0. The predicted octanol–water partition coefficient (Wildman–Crippen LogP) is 5.24. The Labute approximate surface area is 190 Å². The molecule has 0 unspecified atom stereocenters. The Balaban J connectivity index is 1.41. The number of hydrogen-bond donors (Lipinski definition) is 1. The molecular weight excluding hydrogens is 433 g/mol. The molecule has 176 valence electrons. The van der Waals surface area contributed by atoms with Gasteiger partial charge in [0, 0.05) is 13.1 Å². The van der Waals surface area contributed by atoms with E-state index in [1.54, 1.807) is 26.8 Å². The van der Waals surface area contributed by atoms with Crippen molar-refractivity contribution in [1.29, 1.82) is 0 Å². The smallest absolute Gasteiger partial charge is 0.416 e. The molecule has 8 heteroatoms. The molecule has 2 aromatic rings. The van der Waals surface area contributed by atoms with Gasteiger partial charge < -0.3 is 10.1 Å². The van der Waals surface area contributed by atoms with Crippen LogP contribution in [0.25, 0.3) is 11.1 Å². The molecule has 1 aliphatic carbocycles. The van der Waals surface area contributed by atoms with E-state index in [2.05, 4.69) is 5.32 Å². The summed E-state index contributed by atoms with van der Waals surface area (Å²) in [4.78, 5) is 27.0. The van der Waals surface area contributed by atoms with E-state index in [1.807, 2.05) is 18.2 Å². The number of nitrogens with one attached hydrogen (secondary N) is 1. The third-order valence-electron chi connectivity index (χ3n) is 5.99. The standard InChI is InChI=1S/C25H27F3N2O3/c1-24(2,3)33-23(32)30-14-18-12-20(18)21(30)22(31)29-13-15-5-4-6-17(11-15)16-7-9-19(10-8-16)25(26,27)28/h4-11,18,20-21H,12-14H2,1-3H3,(H,29,31)/t18-,20-,21-/m0/s1. The maximum absolute atomic E-state index is 13.0. The molecule has 0 spiro atoms. The Morgan fingerprint density at radius 3 is 2.39 bits per heavy atom. The van der Waals surface area contributed by atoms with E-state index in [0.29, 0.717) is 18.0 Å². The summed E-state index contributed by atoms with van der Waals surface area (Å²) in [6.07, 6.45) is -3.92. The second kappa shape index (κ2) is 8.39. The molecule has 0 bridgehead atoms. The molecule has 2 amide bonds. The van der Waals surface area contributed by atoms with Gasteiger partial charge in [-0.2, -0.15) is 13.2 Å². The largest absolute Gasteiger partial charge is 0.444 e. The van der Waals surface area contributed by atoms with Crippen molar-refractivity contribution in [2.75, 3.05) is 6.54 Å². The lowest BCUT2D eigenvalue weighted by Crippen LogP contribution is -2.49. The van der Waals surface area contributed by atoms with Crippen LogP contribution in [0.15, 0.2) is 48.5 Å². The topological polar surface area (TPSA) is 58.6 Å². The van der Waals surface area contributed by atoms with Gasteiger partial charge in [-0.25, -0.2) is 4.79 Å². The molecule has 5 nitrogen and oxygen atoms in total. The first-order valence-electron chi connectivity index (χ1n) is 11.0. The van der Waals surface area contributed by atoms with Gasteiger partial charge in [0.15, 0.2) is 0 Å². The van der Waals surface area contributed by atoms with Crippen molar-refractivity contribution >= 4 is 12.0 Å². The van der Waals surface area contributed by atoms with E-state index >= 15 is 0 Å². The summed E-state index contributed by atoms with van der Waals surface area (Å²) in [6.45, 7) is 6.16. The van der Waals surface area contributed by atoms with Gasteiger partial charge in [0.1, 0.15) is 11.6 Å². The molecule has 1 N–H and O–H groups in total. The lowest BCUT2D eigenvalue weighted by molar-refractivity contribution is -0.137. The Kier molecular flexibility index (Phi) is 5.88. The minimum absolute atomic E-state index is 0.163. The maximum Gasteiger partial charge on any atom is 0.416 e. The second-order valence-corrected chi connectivity index (χ2v) is 9.73. The van der Waals surface area contributed by atoms with Gasteiger partial charge in [0.05, 0.1) is 5.56 Å². The van der Waals surface area contributed by atoms with Crippen LogP contribution in [0.3, 0.4) is 0 Å². The van der Waals surface area contributed by atoms with Gasteiger partial charge in [-0.3, -0.25) is 9.69 Å². The normalized spacial score (nSPS) is 22.0. The number of halogens is 3. The second-order valence-electron chi connectivity index (χ2n) is 9.73. The van der Waals surface area contributed by atoms with Gasteiger partial charge in [0.2, 0.25) is 5.91 Å². The number of likely N-dealkylation sites (tertiary alicyclic amines) is 1. The molecule has 0 aromatic heterocycles. The van der Waals surface area contributed by atoms with E-state index in [1.165, 1.54) is 17.0 Å².